The second-order valence-corrected chi connectivity index (χ2v) is 3.15. The number of benzene rings is 1. The number of thiocarbonyl (C=S) groups is 1. The van der Waals surface area contributed by atoms with Crippen molar-refractivity contribution in [1.82, 2.24) is 0 Å². The van der Waals surface area contributed by atoms with E-state index >= 15 is 0 Å². The summed E-state index contributed by atoms with van der Waals surface area (Å²) in [7, 11) is 0. The molecule has 0 amide bonds. The lowest BCUT2D eigenvalue weighted by Gasteiger charge is -2.00. The van der Waals surface area contributed by atoms with Crippen LogP contribution in [0.4, 0.5) is 11.4 Å². The van der Waals surface area contributed by atoms with Gasteiger partial charge in [-0.05, 0) is 36.5 Å². The molecule has 0 fully saturated rings. The molecule has 0 aromatic heterocycles. The van der Waals surface area contributed by atoms with Crippen LogP contribution in [0.15, 0.2) is 39.6 Å². The Morgan fingerprint density at radius 1 is 1.11 bits per heavy atom. The number of anilines is 1. The summed E-state index contributed by atoms with van der Waals surface area (Å²) in [4.78, 5) is 0. The maximum absolute atomic E-state index is 5.16. The minimum Gasteiger partial charge on any atom is -0.412 e. The molecule has 0 radical (unpaired) electrons. The van der Waals surface area contributed by atoms with Gasteiger partial charge in [-0.25, -0.2) is 0 Å². The highest BCUT2D eigenvalue weighted by atomic mass is 35.5. The summed E-state index contributed by atoms with van der Waals surface area (Å²) in [5.41, 5.74) is 19.5. The molecule has 0 bridgehead atoms. The lowest BCUT2D eigenvalue weighted by Crippen LogP contribution is -2.23. The summed E-state index contributed by atoms with van der Waals surface area (Å²) in [6.07, 6.45) is 0. The second kappa shape index (κ2) is 9.10. The molecule has 0 spiro atoms. The van der Waals surface area contributed by atoms with Crippen molar-refractivity contribution >= 4 is 47.1 Å². The van der Waals surface area contributed by atoms with Crippen molar-refractivity contribution in [3.63, 3.8) is 0 Å². The first-order valence-electron chi connectivity index (χ1n) is 4.24. The van der Waals surface area contributed by atoms with Gasteiger partial charge in [0.2, 0.25) is 11.1 Å². The number of nitrogens with zero attached hydrogens (tertiary/aromatic N) is 3. The monoisotopic (exact) mass is 291 g/mol. The molecule has 0 unspecified atom stereocenters. The van der Waals surface area contributed by atoms with E-state index in [0.29, 0.717) is 5.69 Å². The van der Waals surface area contributed by atoms with E-state index in [9.17, 15) is 0 Å². The zero-order chi connectivity index (χ0) is 12.0. The predicted octanol–water partition coefficient (Wildman–Crippen LogP) is 0.211. The van der Waals surface area contributed by atoms with Crippen molar-refractivity contribution in [3.8, 4) is 0 Å². The van der Waals surface area contributed by atoms with E-state index in [1.54, 1.807) is 24.3 Å². The van der Waals surface area contributed by atoms with Crippen molar-refractivity contribution < 1.29 is 5.48 Å². The smallest absolute Gasteiger partial charge is 0.211 e. The van der Waals surface area contributed by atoms with E-state index in [-0.39, 0.29) is 29.0 Å². The van der Waals surface area contributed by atoms with Gasteiger partial charge in [-0.2, -0.15) is 0 Å². The van der Waals surface area contributed by atoms with Crippen LogP contribution in [-0.2, 0) is 0 Å². The molecule has 0 aliphatic rings. The number of hydrogen-bond acceptors (Lipinski definition) is 4. The fourth-order valence-corrected chi connectivity index (χ4v) is 0.880. The van der Waals surface area contributed by atoms with Gasteiger partial charge in [-0.1, -0.05) is 0 Å². The van der Waals surface area contributed by atoms with Gasteiger partial charge in [0.1, 0.15) is 0 Å². The predicted molar refractivity (Wildman–Crippen MR) is 78.0 cm³/mol. The Balaban J connectivity index is 0. The summed E-state index contributed by atoms with van der Waals surface area (Å²) in [5.74, 6) is -0.0442. The number of azo groups is 1. The molecular weight excluding hydrogens is 278 g/mol. The van der Waals surface area contributed by atoms with Crippen LogP contribution in [0.1, 0.15) is 0 Å². The molecule has 0 saturated heterocycles. The minimum atomic E-state index is -0.0442. The maximum atomic E-state index is 5.16. The quantitative estimate of drug-likeness (QED) is 0.206. The first-order chi connectivity index (χ1) is 7.58. The van der Waals surface area contributed by atoms with Gasteiger partial charge in [-0.15, -0.1) is 27.7 Å². The largest absolute Gasteiger partial charge is 0.412 e. The first-order valence-corrected chi connectivity index (χ1v) is 4.64. The molecule has 100 valence electrons. The summed E-state index contributed by atoms with van der Waals surface area (Å²) < 4.78 is 0. The maximum Gasteiger partial charge on any atom is 0.211 e. The van der Waals surface area contributed by atoms with Crippen molar-refractivity contribution in [3.05, 3.63) is 24.3 Å². The Bertz CT molecular complexity index is 430. The fourth-order valence-electron chi connectivity index (χ4n) is 0.839. The van der Waals surface area contributed by atoms with Crippen LogP contribution in [-0.4, -0.2) is 16.5 Å². The average Bonchev–Trinajstić information content (AvgIpc) is 2.25. The van der Waals surface area contributed by atoms with Gasteiger partial charge in [0, 0.05) is 0 Å². The van der Waals surface area contributed by atoms with E-state index in [1.165, 1.54) is 0 Å². The average molecular weight is 292 g/mol. The number of nitrogens with one attached hydrogen (secondary N) is 1. The number of halogens is 1. The normalized spacial score (nSPS) is 8.89. The molecule has 0 atom stereocenters. The van der Waals surface area contributed by atoms with Crippen LogP contribution in [0.3, 0.4) is 0 Å². The Morgan fingerprint density at radius 3 is 2.11 bits per heavy atom. The molecule has 9 N–H and O–H groups in total. The summed E-state index contributed by atoms with van der Waals surface area (Å²) in [6.45, 7) is 0. The number of hydrazone groups is 1. The van der Waals surface area contributed by atoms with Gasteiger partial charge < -0.3 is 22.7 Å². The zero-order valence-corrected chi connectivity index (χ0v) is 10.8. The fraction of sp³-hybridized carbons (Fsp3) is 0. The lowest BCUT2D eigenvalue weighted by atomic mass is 10.3. The molecule has 1 rings (SSSR count). The molecule has 0 aliphatic carbocycles. The molecule has 8 nitrogen and oxygen atoms in total. The van der Waals surface area contributed by atoms with Crippen LogP contribution in [0, 0.1) is 0 Å². The Labute approximate surface area is 115 Å². The second-order valence-electron chi connectivity index (χ2n) is 2.73. The molecule has 1 aromatic rings. The molecule has 18 heavy (non-hydrogen) atoms. The number of rotatable bonds is 3. The Kier molecular flexibility index (Phi) is 9.30. The Morgan fingerprint density at radius 2 is 1.67 bits per heavy atom. The van der Waals surface area contributed by atoms with Crippen LogP contribution >= 0.6 is 24.6 Å². The van der Waals surface area contributed by atoms with E-state index in [2.05, 4.69) is 33.0 Å². The third-order valence-electron chi connectivity index (χ3n) is 1.45. The zero-order valence-electron chi connectivity index (χ0n) is 9.20. The van der Waals surface area contributed by atoms with E-state index < -0.39 is 0 Å². The van der Waals surface area contributed by atoms with Crippen molar-refractivity contribution in [1.29, 1.82) is 0 Å². The molecule has 0 saturated carbocycles. The third kappa shape index (κ3) is 7.33. The van der Waals surface area contributed by atoms with Gasteiger partial charge in [0.05, 0.1) is 11.4 Å². The molecule has 0 heterocycles. The first kappa shape index (κ1) is 18.4. The SMILES string of the molecule is Cl.NC(=S)N=Nc1ccc(NN=C(N)N)cc1.O. The third-order valence-corrected chi connectivity index (χ3v) is 1.53. The highest BCUT2D eigenvalue weighted by Crippen LogP contribution is 2.16. The highest BCUT2D eigenvalue weighted by Gasteiger charge is 1.92. The summed E-state index contributed by atoms with van der Waals surface area (Å²) in [6, 6.07) is 6.90. The van der Waals surface area contributed by atoms with Crippen LogP contribution in [0.25, 0.3) is 0 Å². The molecular formula is C8H14ClN7OS. The molecule has 10 heteroatoms. The summed E-state index contributed by atoms with van der Waals surface area (Å²) in [5, 5.41) is 10.9. The molecule has 0 aliphatic heterocycles. The van der Waals surface area contributed by atoms with E-state index in [0.717, 1.165) is 5.69 Å². The minimum absolute atomic E-state index is 0. The molecule has 1 aromatic carbocycles. The highest BCUT2D eigenvalue weighted by molar-refractivity contribution is 7.80. The number of hydrogen-bond donors (Lipinski definition) is 4. The van der Waals surface area contributed by atoms with Gasteiger partial charge in [0.15, 0.2) is 0 Å². The Hall–Kier alpha value is -1.97. The van der Waals surface area contributed by atoms with Gasteiger partial charge >= 0.3 is 0 Å². The summed E-state index contributed by atoms with van der Waals surface area (Å²) >= 11 is 4.55. The van der Waals surface area contributed by atoms with Crippen molar-refractivity contribution in [2.75, 3.05) is 5.43 Å². The van der Waals surface area contributed by atoms with Crippen LogP contribution < -0.4 is 22.6 Å². The van der Waals surface area contributed by atoms with Crippen LogP contribution in [0.2, 0.25) is 0 Å². The van der Waals surface area contributed by atoms with E-state index in [1.807, 2.05) is 0 Å². The van der Waals surface area contributed by atoms with Gasteiger partial charge in [0.25, 0.3) is 0 Å². The number of nitrogens with two attached hydrogens (primary N) is 3. The standard InChI is InChI=1S/C8H11N7S.ClH.H2O/c9-7(10)14-12-5-1-3-6(4-2-5)13-15-8(11)16;;/h1-4,12H,(H2,11,16)(H4,9,10,14);1H;1H2. The number of guanidine groups is 1. The van der Waals surface area contributed by atoms with Crippen LogP contribution in [0.5, 0.6) is 0 Å². The van der Waals surface area contributed by atoms with E-state index in [4.69, 9.17) is 17.2 Å². The van der Waals surface area contributed by atoms with Crippen molar-refractivity contribution in [2.45, 2.75) is 0 Å². The van der Waals surface area contributed by atoms with Gasteiger partial charge in [-0.3, -0.25) is 5.43 Å². The van der Waals surface area contributed by atoms with Crippen molar-refractivity contribution in [2.24, 2.45) is 32.5 Å². The topological polar surface area (TPSA) is 159 Å². The lowest BCUT2D eigenvalue weighted by molar-refractivity contribution is 0.824.